The molecule has 3 N–H and O–H groups in total. The van der Waals surface area contributed by atoms with E-state index in [1.165, 1.54) is 0 Å². The van der Waals surface area contributed by atoms with Crippen molar-refractivity contribution in [2.45, 2.75) is 13.5 Å². The molecule has 2 aromatic rings. The molecule has 8 nitrogen and oxygen atoms in total. The van der Waals surface area contributed by atoms with E-state index < -0.39 is 0 Å². The fraction of sp³-hybridized carbons (Fsp3) is 0.400. The van der Waals surface area contributed by atoms with Gasteiger partial charge in [-0.3, -0.25) is 0 Å². The first-order valence-corrected chi connectivity index (χ1v) is 5.62. The summed E-state index contributed by atoms with van der Waals surface area (Å²) in [5.74, 6) is 0.546. The van der Waals surface area contributed by atoms with Gasteiger partial charge in [0.1, 0.15) is 0 Å². The molecule has 0 unspecified atom stereocenters. The van der Waals surface area contributed by atoms with Gasteiger partial charge in [-0.25, -0.2) is 4.98 Å². The van der Waals surface area contributed by atoms with E-state index in [9.17, 15) is 0 Å². The van der Waals surface area contributed by atoms with Crippen LogP contribution in [0.5, 0.6) is 6.01 Å². The van der Waals surface area contributed by atoms with Crippen LogP contribution in [0, 0.1) is 0 Å². The number of nitrogen functional groups attached to an aromatic ring is 1. The molecule has 0 aromatic carbocycles. The SMILES string of the molecule is CCOc1nc(N)nc(NCCn2ccnc2)n1. The van der Waals surface area contributed by atoms with Crippen molar-refractivity contribution < 1.29 is 4.74 Å². The molecular weight excluding hydrogens is 234 g/mol. The van der Waals surface area contributed by atoms with Gasteiger partial charge in [0, 0.05) is 25.5 Å². The van der Waals surface area contributed by atoms with Crippen molar-refractivity contribution >= 4 is 11.9 Å². The first kappa shape index (κ1) is 12.1. The van der Waals surface area contributed by atoms with Crippen LogP contribution in [0.15, 0.2) is 18.7 Å². The van der Waals surface area contributed by atoms with Crippen LogP contribution in [0.1, 0.15) is 6.92 Å². The quantitative estimate of drug-likeness (QED) is 0.751. The van der Waals surface area contributed by atoms with Crippen LogP contribution in [0.2, 0.25) is 0 Å². The first-order chi connectivity index (χ1) is 8.78. The number of rotatable bonds is 6. The molecule has 0 spiro atoms. The van der Waals surface area contributed by atoms with Crippen molar-refractivity contribution in [3.63, 3.8) is 0 Å². The largest absolute Gasteiger partial charge is 0.464 e. The molecule has 96 valence electrons. The van der Waals surface area contributed by atoms with Crippen molar-refractivity contribution in [2.75, 3.05) is 24.2 Å². The summed E-state index contributed by atoms with van der Waals surface area (Å²) in [6.07, 6.45) is 5.36. The Morgan fingerprint density at radius 3 is 3.00 bits per heavy atom. The van der Waals surface area contributed by atoms with Crippen LogP contribution in [-0.4, -0.2) is 37.7 Å². The molecule has 0 aliphatic heterocycles. The van der Waals surface area contributed by atoms with Crippen LogP contribution in [0.25, 0.3) is 0 Å². The number of hydrogen-bond donors (Lipinski definition) is 2. The van der Waals surface area contributed by atoms with Gasteiger partial charge in [0.15, 0.2) is 0 Å². The van der Waals surface area contributed by atoms with E-state index in [4.69, 9.17) is 10.5 Å². The Balaban J connectivity index is 1.92. The van der Waals surface area contributed by atoms with E-state index in [-0.39, 0.29) is 12.0 Å². The maximum atomic E-state index is 5.56. The Morgan fingerprint density at radius 2 is 2.28 bits per heavy atom. The van der Waals surface area contributed by atoms with E-state index in [1.807, 2.05) is 17.7 Å². The number of hydrogen-bond acceptors (Lipinski definition) is 7. The summed E-state index contributed by atoms with van der Waals surface area (Å²) in [4.78, 5) is 15.9. The van der Waals surface area contributed by atoms with Crippen molar-refractivity contribution in [1.82, 2.24) is 24.5 Å². The zero-order valence-electron chi connectivity index (χ0n) is 10.1. The highest BCUT2D eigenvalue weighted by Gasteiger charge is 2.04. The van der Waals surface area contributed by atoms with E-state index in [0.29, 0.717) is 19.1 Å². The summed E-state index contributed by atoms with van der Waals surface area (Å²) < 4.78 is 7.13. The molecule has 18 heavy (non-hydrogen) atoms. The van der Waals surface area contributed by atoms with Crippen molar-refractivity contribution in [1.29, 1.82) is 0 Å². The molecule has 2 rings (SSSR count). The zero-order chi connectivity index (χ0) is 12.8. The number of imidazole rings is 1. The number of ether oxygens (including phenoxy) is 1. The molecule has 0 aliphatic rings. The minimum Gasteiger partial charge on any atom is -0.464 e. The summed E-state index contributed by atoms with van der Waals surface area (Å²) in [6, 6.07) is 0.232. The van der Waals surface area contributed by atoms with E-state index in [2.05, 4.69) is 25.3 Å². The van der Waals surface area contributed by atoms with Crippen LogP contribution < -0.4 is 15.8 Å². The number of nitrogens with two attached hydrogens (primary N) is 1. The van der Waals surface area contributed by atoms with Gasteiger partial charge in [0.2, 0.25) is 11.9 Å². The van der Waals surface area contributed by atoms with Crippen molar-refractivity contribution in [3.8, 4) is 6.01 Å². The maximum Gasteiger partial charge on any atom is 0.323 e. The summed E-state index contributed by atoms with van der Waals surface area (Å²) in [5.41, 5.74) is 5.56. The Labute approximate surface area is 104 Å². The van der Waals surface area contributed by atoms with Gasteiger partial charge in [0.05, 0.1) is 12.9 Å². The molecular formula is C10H15N7O. The zero-order valence-corrected chi connectivity index (χ0v) is 10.1. The lowest BCUT2D eigenvalue weighted by Gasteiger charge is -2.07. The second-order valence-electron chi connectivity index (χ2n) is 3.46. The normalized spacial score (nSPS) is 10.3. The first-order valence-electron chi connectivity index (χ1n) is 5.62. The molecule has 0 atom stereocenters. The third-order valence-electron chi connectivity index (χ3n) is 2.12. The lowest BCUT2D eigenvalue weighted by molar-refractivity contribution is 0.312. The van der Waals surface area contributed by atoms with Gasteiger partial charge in [-0.1, -0.05) is 0 Å². The van der Waals surface area contributed by atoms with Crippen molar-refractivity contribution in [3.05, 3.63) is 18.7 Å². The Morgan fingerprint density at radius 1 is 1.39 bits per heavy atom. The van der Waals surface area contributed by atoms with Crippen LogP contribution >= 0.6 is 0 Å². The molecule has 0 fully saturated rings. The molecule has 0 radical (unpaired) electrons. The fourth-order valence-corrected chi connectivity index (χ4v) is 1.36. The summed E-state index contributed by atoms with van der Waals surface area (Å²) in [5, 5.41) is 3.05. The number of nitrogens with zero attached hydrogens (tertiary/aromatic N) is 5. The maximum absolute atomic E-state index is 5.56. The Bertz CT molecular complexity index is 485. The van der Waals surface area contributed by atoms with Gasteiger partial charge in [0.25, 0.3) is 0 Å². The van der Waals surface area contributed by atoms with Crippen LogP contribution in [0.4, 0.5) is 11.9 Å². The minimum atomic E-state index is 0.138. The Kier molecular flexibility index (Phi) is 3.90. The standard InChI is InChI=1S/C10H15N7O/c1-2-18-10-15-8(11)14-9(16-10)13-4-6-17-5-3-12-7-17/h3,5,7H,2,4,6H2,1H3,(H3,11,13,14,15,16). The summed E-state index contributed by atoms with van der Waals surface area (Å²) >= 11 is 0. The molecule has 0 saturated carbocycles. The topological polar surface area (TPSA) is 104 Å². The number of aromatic nitrogens is 5. The molecule has 8 heteroatoms. The third-order valence-corrected chi connectivity index (χ3v) is 2.12. The fourth-order valence-electron chi connectivity index (χ4n) is 1.36. The smallest absolute Gasteiger partial charge is 0.323 e. The molecule has 0 bridgehead atoms. The predicted molar refractivity (Wildman–Crippen MR) is 66.1 cm³/mol. The highest BCUT2D eigenvalue weighted by molar-refractivity contribution is 5.32. The molecule has 2 heterocycles. The second-order valence-corrected chi connectivity index (χ2v) is 3.46. The van der Waals surface area contributed by atoms with E-state index in [0.717, 1.165) is 6.54 Å². The van der Waals surface area contributed by atoms with Crippen LogP contribution in [0.3, 0.4) is 0 Å². The number of nitrogens with one attached hydrogen (secondary N) is 1. The van der Waals surface area contributed by atoms with E-state index >= 15 is 0 Å². The minimum absolute atomic E-state index is 0.138. The van der Waals surface area contributed by atoms with Gasteiger partial charge >= 0.3 is 6.01 Å². The summed E-state index contributed by atoms with van der Waals surface area (Å²) in [7, 11) is 0. The van der Waals surface area contributed by atoms with Gasteiger partial charge in [-0.2, -0.15) is 15.0 Å². The average Bonchev–Trinajstić information content (AvgIpc) is 2.82. The average molecular weight is 249 g/mol. The monoisotopic (exact) mass is 249 g/mol. The number of anilines is 2. The molecule has 0 aliphatic carbocycles. The predicted octanol–water partition coefficient (Wildman–Crippen LogP) is 0.161. The van der Waals surface area contributed by atoms with E-state index in [1.54, 1.807) is 12.5 Å². The second kappa shape index (κ2) is 5.80. The highest BCUT2D eigenvalue weighted by Crippen LogP contribution is 2.08. The Hall–Kier alpha value is -2.38. The highest BCUT2D eigenvalue weighted by atomic mass is 16.5. The molecule has 0 amide bonds. The van der Waals surface area contributed by atoms with Gasteiger partial charge in [-0.15, -0.1) is 0 Å². The third kappa shape index (κ3) is 3.30. The van der Waals surface area contributed by atoms with Gasteiger partial charge in [-0.05, 0) is 6.92 Å². The lowest BCUT2D eigenvalue weighted by atomic mass is 10.6. The van der Waals surface area contributed by atoms with Gasteiger partial charge < -0.3 is 20.4 Å². The lowest BCUT2D eigenvalue weighted by Crippen LogP contribution is -2.13. The summed E-state index contributed by atoms with van der Waals surface area (Å²) in [6.45, 7) is 3.75. The van der Waals surface area contributed by atoms with Crippen molar-refractivity contribution in [2.24, 2.45) is 0 Å². The van der Waals surface area contributed by atoms with Crippen LogP contribution in [-0.2, 0) is 6.54 Å². The molecule has 0 saturated heterocycles. The molecule has 2 aromatic heterocycles.